The average molecular weight is 224 g/mol. The minimum absolute atomic E-state index is 0.436. The average Bonchev–Trinajstić information content (AvgIpc) is 2.60. The highest BCUT2D eigenvalue weighted by molar-refractivity contribution is 5.05. The number of aryl methyl sites for hydroxylation is 1. The third-order valence-corrected chi connectivity index (χ3v) is 2.84. The van der Waals surface area contributed by atoms with Gasteiger partial charge in [-0.3, -0.25) is 4.90 Å². The fourth-order valence-corrected chi connectivity index (χ4v) is 1.95. The van der Waals surface area contributed by atoms with Crippen LogP contribution in [0.15, 0.2) is 16.5 Å². The Morgan fingerprint density at radius 1 is 1.38 bits per heavy atom. The van der Waals surface area contributed by atoms with Crippen LogP contribution < -0.4 is 5.73 Å². The SMILES string of the molecule is Cc1ccc(CN(C)C(CN)CC(C)C)o1. The first-order chi connectivity index (χ1) is 7.52. The monoisotopic (exact) mass is 224 g/mol. The Hall–Kier alpha value is -0.800. The molecule has 1 unspecified atom stereocenters. The Balaban J connectivity index is 2.52. The van der Waals surface area contributed by atoms with Crippen molar-refractivity contribution in [3.63, 3.8) is 0 Å². The van der Waals surface area contributed by atoms with Gasteiger partial charge in [0.2, 0.25) is 0 Å². The number of rotatable bonds is 6. The lowest BCUT2D eigenvalue weighted by Gasteiger charge is -2.27. The number of furan rings is 1. The Labute approximate surface area is 98.6 Å². The maximum absolute atomic E-state index is 5.81. The molecule has 16 heavy (non-hydrogen) atoms. The topological polar surface area (TPSA) is 42.4 Å². The lowest BCUT2D eigenvalue weighted by molar-refractivity contribution is 0.195. The number of hydrogen-bond donors (Lipinski definition) is 1. The van der Waals surface area contributed by atoms with Crippen LogP contribution in [0.2, 0.25) is 0 Å². The van der Waals surface area contributed by atoms with E-state index in [0.29, 0.717) is 18.5 Å². The summed E-state index contributed by atoms with van der Waals surface area (Å²) in [4.78, 5) is 2.28. The van der Waals surface area contributed by atoms with Crippen LogP contribution >= 0.6 is 0 Å². The summed E-state index contributed by atoms with van der Waals surface area (Å²) >= 11 is 0. The summed E-state index contributed by atoms with van der Waals surface area (Å²) in [6.07, 6.45) is 1.13. The van der Waals surface area contributed by atoms with E-state index in [1.165, 1.54) is 0 Å². The molecule has 92 valence electrons. The molecule has 0 fully saturated rings. The molecule has 0 amide bonds. The highest BCUT2D eigenvalue weighted by Gasteiger charge is 2.15. The summed E-state index contributed by atoms with van der Waals surface area (Å²) in [6, 6.07) is 4.48. The molecule has 1 heterocycles. The lowest BCUT2D eigenvalue weighted by Crippen LogP contribution is -2.38. The number of hydrogen-bond acceptors (Lipinski definition) is 3. The van der Waals surface area contributed by atoms with Crippen LogP contribution in [-0.4, -0.2) is 24.5 Å². The molecule has 1 atom stereocenters. The summed E-state index contributed by atoms with van der Waals surface area (Å²) in [5.74, 6) is 2.66. The van der Waals surface area contributed by atoms with Crippen LogP contribution in [0.3, 0.4) is 0 Å². The lowest BCUT2D eigenvalue weighted by atomic mass is 10.0. The van der Waals surface area contributed by atoms with Crippen molar-refractivity contribution in [3.05, 3.63) is 23.7 Å². The first-order valence-electron chi connectivity index (χ1n) is 5.98. The smallest absolute Gasteiger partial charge is 0.118 e. The highest BCUT2D eigenvalue weighted by Crippen LogP contribution is 2.14. The molecule has 3 nitrogen and oxygen atoms in total. The molecule has 1 aromatic heterocycles. The van der Waals surface area contributed by atoms with Crippen LogP contribution in [0.5, 0.6) is 0 Å². The largest absolute Gasteiger partial charge is 0.465 e. The third-order valence-electron chi connectivity index (χ3n) is 2.84. The third kappa shape index (κ3) is 3.99. The van der Waals surface area contributed by atoms with Gasteiger partial charge in [0.25, 0.3) is 0 Å². The maximum atomic E-state index is 5.81. The summed E-state index contributed by atoms with van der Waals surface area (Å²) in [6.45, 7) is 7.97. The summed E-state index contributed by atoms with van der Waals surface area (Å²) in [5, 5.41) is 0. The molecule has 0 aromatic carbocycles. The molecule has 0 aliphatic heterocycles. The van der Waals surface area contributed by atoms with Gasteiger partial charge in [-0.25, -0.2) is 0 Å². The van der Waals surface area contributed by atoms with Crippen LogP contribution in [0.25, 0.3) is 0 Å². The van der Waals surface area contributed by atoms with Gasteiger partial charge in [-0.2, -0.15) is 0 Å². The molecule has 1 aromatic rings. The molecular formula is C13H24N2O. The molecule has 0 saturated heterocycles. The molecule has 3 heteroatoms. The van der Waals surface area contributed by atoms with Crippen LogP contribution in [0.1, 0.15) is 31.8 Å². The van der Waals surface area contributed by atoms with Crippen molar-refractivity contribution in [1.82, 2.24) is 4.90 Å². The van der Waals surface area contributed by atoms with Gasteiger partial charge >= 0.3 is 0 Å². The Bertz CT molecular complexity index is 307. The van der Waals surface area contributed by atoms with E-state index in [2.05, 4.69) is 25.8 Å². The van der Waals surface area contributed by atoms with E-state index >= 15 is 0 Å². The standard InChI is InChI=1S/C13H24N2O/c1-10(2)7-12(8-14)15(4)9-13-6-5-11(3)16-13/h5-6,10,12H,7-9,14H2,1-4H3. The predicted molar refractivity (Wildman–Crippen MR) is 67.2 cm³/mol. The van der Waals surface area contributed by atoms with Crippen LogP contribution in [-0.2, 0) is 6.54 Å². The van der Waals surface area contributed by atoms with Gasteiger partial charge < -0.3 is 10.2 Å². The van der Waals surface area contributed by atoms with Gasteiger partial charge in [-0.05, 0) is 38.4 Å². The van der Waals surface area contributed by atoms with E-state index in [9.17, 15) is 0 Å². The summed E-state index contributed by atoms with van der Waals surface area (Å²) in [7, 11) is 2.11. The zero-order chi connectivity index (χ0) is 12.1. The number of nitrogens with zero attached hydrogens (tertiary/aromatic N) is 1. The van der Waals surface area contributed by atoms with Crippen molar-refractivity contribution < 1.29 is 4.42 Å². The molecule has 0 aliphatic carbocycles. The van der Waals surface area contributed by atoms with Gasteiger partial charge in [0.05, 0.1) is 6.54 Å². The van der Waals surface area contributed by atoms with Gasteiger partial charge in [-0.15, -0.1) is 0 Å². The van der Waals surface area contributed by atoms with Crippen molar-refractivity contribution in [2.24, 2.45) is 11.7 Å². The Morgan fingerprint density at radius 2 is 2.06 bits per heavy atom. The number of nitrogens with two attached hydrogens (primary N) is 1. The van der Waals surface area contributed by atoms with Crippen molar-refractivity contribution in [2.75, 3.05) is 13.6 Å². The molecule has 0 bridgehead atoms. The molecule has 0 spiro atoms. The van der Waals surface area contributed by atoms with E-state index in [1.807, 2.05) is 19.1 Å². The van der Waals surface area contributed by atoms with Gasteiger partial charge in [0.15, 0.2) is 0 Å². The maximum Gasteiger partial charge on any atom is 0.118 e. The molecule has 0 radical (unpaired) electrons. The molecular weight excluding hydrogens is 200 g/mol. The Morgan fingerprint density at radius 3 is 2.50 bits per heavy atom. The van der Waals surface area contributed by atoms with E-state index in [0.717, 1.165) is 24.5 Å². The van der Waals surface area contributed by atoms with Crippen molar-refractivity contribution in [2.45, 2.75) is 39.8 Å². The molecule has 0 aliphatic rings. The van der Waals surface area contributed by atoms with E-state index in [-0.39, 0.29) is 0 Å². The van der Waals surface area contributed by atoms with Crippen LogP contribution in [0.4, 0.5) is 0 Å². The second-order valence-corrected chi connectivity index (χ2v) is 4.95. The highest BCUT2D eigenvalue weighted by atomic mass is 16.3. The molecule has 0 saturated carbocycles. The quantitative estimate of drug-likeness (QED) is 0.806. The minimum Gasteiger partial charge on any atom is -0.465 e. The molecule has 2 N–H and O–H groups in total. The fraction of sp³-hybridized carbons (Fsp3) is 0.692. The zero-order valence-electron chi connectivity index (χ0n) is 10.9. The molecule has 1 rings (SSSR count). The second-order valence-electron chi connectivity index (χ2n) is 4.95. The van der Waals surface area contributed by atoms with E-state index < -0.39 is 0 Å². The predicted octanol–water partition coefficient (Wildman–Crippen LogP) is 2.39. The first-order valence-corrected chi connectivity index (χ1v) is 5.98. The first kappa shape index (κ1) is 13.3. The van der Waals surface area contributed by atoms with Gasteiger partial charge in [0, 0.05) is 12.6 Å². The van der Waals surface area contributed by atoms with Gasteiger partial charge in [0.1, 0.15) is 11.5 Å². The van der Waals surface area contributed by atoms with E-state index in [1.54, 1.807) is 0 Å². The van der Waals surface area contributed by atoms with Crippen molar-refractivity contribution >= 4 is 0 Å². The van der Waals surface area contributed by atoms with E-state index in [4.69, 9.17) is 10.2 Å². The second kappa shape index (κ2) is 6.06. The zero-order valence-corrected chi connectivity index (χ0v) is 10.9. The van der Waals surface area contributed by atoms with Crippen molar-refractivity contribution in [1.29, 1.82) is 0 Å². The number of likely N-dealkylation sites (N-methyl/N-ethyl adjacent to an activating group) is 1. The summed E-state index contributed by atoms with van der Waals surface area (Å²) < 4.78 is 5.57. The normalized spacial score (nSPS) is 13.7. The Kier molecular flexibility index (Phi) is 5.03. The van der Waals surface area contributed by atoms with Gasteiger partial charge in [-0.1, -0.05) is 13.8 Å². The van der Waals surface area contributed by atoms with Crippen LogP contribution in [0, 0.1) is 12.8 Å². The minimum atomic E-state index is 0.436. The van der Waals surface area contributed by atoms with Crippen molar-refractivity contribution in [3.8, 4) is 0 Å². The fourth-order valence-electron chi connectivity index (χ4n) is 1.95. The summed E-state index contributed by atoms with van der Waals surface area (Å²) in [5.41, 5.74) is 5.81.